The molecule has 1 aromatic carbocycles. The third-order valence-corrected chi connectivity index (χ3v) is 4.75. The van der Waals surface area contributed by atoms with Gasteiger partial charge >= 0.3 is 6.18 Å². The van der Waals surface area contributed by atoms with Crippen molar-refractivity contribution in [3.05, 3.63) is 57.3 Å². The minimum absolute atomic E-state index is 0.0111. The Morgan fingerprint density at radius 3 is 1.95 bits per heavy atom. The number of thiophene rings is 1. The first kappa shape index (κ1) is 16.0. The number of aliphatic hydroxyl groups excluding tert-OH is 1. The van der Waals surface area contributed by atoms with Crippen LogP contribution in [0, 0.1) is 0 Å². The molecule has 1 aromatic heterocycles. The fourth-order valence-corrected chi connectivity index (χ4v) is 3.00. The van der Waals surface area contributed by atoms with E-state index in [-0.39, 0.29) is 5.41 Å². The van der Waals surface area contributed by atoms with Crippen LogP contribution in [0.2, 0.25) is 0 Å². The lowest BCUT2D eigenvalue weighted by Gasteiger charge is -2.16. The fraction of sp³-hybridized carbons (Fsp3) is 0.375. The van der Waals surface area contributed by atoms with Gasteiger partial charge in [-0.25, -0.2) is 0 Å². The molecule has 1 heterocycles. The summed E-state index contributed by atoms with van der Waals surface area (Å²) in [5, 5.41) is 10.3. The summed E-state index contributed by atoms with van der Waals surface area (Å²) in [7, 11) is 0. The zero-order valence-corrected chi connectivity index (χ0v) is 12.8. The van der Waals surface area contributed by atoms with Crippen LogP contribution < -0.4 is 0 Å². The van der Waals surface area contributed by atoms with Crippen molar-refractivity contribution in [3.8, 4) is 0 Å². The van der Waals surface area contributed by atoms with Crippen LogP contribution in [-0.2, 0) is 11.6 Å². The van der Waals surface area contributed by atoms with Gasteiger partial charge in [0.15, 0.2) is 0 Å². The molecular weight excluding hydrogens is 297 g/mol. The second-order valence-electron chi connectivity index (χ2n) is 5.97. The van der Waals surface area contributed by atoms with E-state index in [1.807, 2.05) is 12.1 Å². The molecule has 5 heteroatoms. The van der Waals surface area contributed by atoms with E-state index in [0.29, 0.717) is 5.56 Å². The average Bonchev–Trinajstić information content (AvgIpc) is 2.86. The van der Waals surface area contributed by atoms with Gasteiger partial charge in [0.05, 0.1) is 5.56 Å². The summed E-state index contributed by atoms with van der Waals surface area (Å²) in [6, 6.07) is 8.42. The van der Waals surface area contributed by atoms with Crippen molar-refractivity contribution in [2.45, 2.75) is 38.5 Å². The molecule has 0 bridgehead atoms. The Morgan fingerprint density at radius 2 is 1.52 bits per heavy atom. The zero-order chi connectivity index (χ0) is 15.8. The molecule has 1 unspecified atom stereocenters. The van der Waals surface area contributed by atoms with Crippen molar-refractivity contribution in [1.29, 1.82) is 0 Å². The maximum atomic E-state index is 12.5. The molecule has 0 aliphatic rings. The molecule has 1 atom stereocenters. The molecule has 2 rings (SSSR count). The van der Waals surface area contributed by atoms with E-state index in [0.717, 1.165) is 21.9 Å². The Bertz CT molecular complexity index is 606. The topological polar surface area (TPSA) is 20.2 Å². The molecule has 0 saturated carbocycles. The lowest BCUT2D eigenvalue weighted by Crippen LogP contribution is -2.08. The monoisotopic (exact) mass is 314 g/mol. The van der Waals surface area contributed by atoms with Crippen molar-refractivity contribution in [2.24, 2.45) is 0 Å². The number of hydrogen-bond donors (Lipinski definition) is 1. The van der Waals surface area contributed by atoms with E-state index < -0.39 is 17.8 Å². The van der Waals surface area contributed by atoms with Gasteiger partial charge in [0, 0.05) is 9.75 Å². The second kappa shape index (κ2) is 5.46. The Balaban J connectivity index is 2.24. The fourth-order valence-electron chi connectivity index (χ4n) is 1.92. The van der Waals surface area contributed by atoms with E-state index in [1.54, 1.807) is 0 Å². The quantitative estimate of drug-likeness (QED) is 0.813. The highest BCUT2D eigenvalue weighted by molar-refractivity contribution is 7.12. The summed E-state index contributed by atoms with van der Waals surface area (Å²) in [6.07, 6.45) is -5.25. The first-order valence-corrected chi connectivity index (χ1v) is 7.36. The SMILES string of the molecule is CC(C)(C)c1ccc(C(O)c2ccc(C(F)(F)F)cc2)s1. The average molecular weight is 314 g/mol. The Kier molecular flexibility index (Phi) is 4.17. The normalized spacial score (nSPS) is 14.2. The first-order chi connectivity index (χ1) is 9.59. The van der Waals surface area contributed by atoms with Gasteiger partial charge in [0.25, 0.3) is 0 Å². The smallest absolute Gasteiger partial charge is 0.383 e. The van der Waals surface area contributed by atoms with Crippen LogP contribution in [0.15, 0.2) is 36.4 Å². The van der Waals surface area contributed by atoms with Gasteiger partial charge in [-0.15, -0.1) is 11.3 Å². The molecule has 0 aliphatic heterocycles. The third-order valence-electron chi connectivity index (χ3n) is 3.19. The highest BCUT2D eigenvalue weighted by atomic mass is 32.1. The Labute approximate surface area is 126 Å². The molecule has 2 aromatic rings. The van der Waals surface area contributed by atoms with E-state index >= 15 is 0 Å². The molecule has 0 amide bonds. The first-order valence-electron chi connectivity index (χ1n) is 6.54. The zero-order valence-electron chi connectivity index (χ0n) is 12.0. The van der Waals surface area contributed by atoms with Gasteiger partial charge in [0.2, 0.25) is 0 Å². The number of hydrogen-bond acceptors (Lipinski definition) is 2. The summed E-state index contributed by atoms with van der Waals surface area (Å²) in [6.45, 7) is 6.23. The van der Waals surface area contributed by atoms with Crippen LogP contribution in [0.1, 0.15) is 47.8 Å². The summed E-state index contributed by atoms with van der Waals surface area (Å²) < 4.78 is 37.6. The van der Waals surface area contributed by atoms with Crippen LogP contribution in [0.3, 0.4) is 0 Å². The molecule has 0 saturated heterocycles. The van der Waals surface area contributed by atoms with Gasteiger partial charge in [-0.3, -0.25) is 0 Å². The molecule has 1 N–H and O–H groups in total. The second-order valence-corrected chi connectivity index (χ2v) is 7.09. The molecule has 0 aliphatic carbocycles. The Hall–Kier alpha value is -1.33. The highest BCUT2D eigenvalue weighted by Crippen LogP contribution is 2.35. The molecular formula is C16H17F3OS. The van der Waals surface area contributed by atoms with Crippen molar-refractivity contribution in [1.82, 2.24) is 0 Å². The third kappa shape index (κ3) is 3.66. The van der Waals surface area contributed by atoms with Crippen LogP contribution >= 0.6 is 11.3 Å². The molecule has 0 fully saturated rings. The van der Waals surface area contributed by atoms with Crippen molar-refractivity contribution in [3.63, 3.8) is 0 Å². The molecule has 114 valence electrons. The lowest BCUT2D eigenvalue weighted by atomic mass is 9.95. The maximum absolute atomic E-state index is 12.5. The highest BCUT2D eigenvalue weighted by Gasteiger charge is 2.30. The summed E-state index contributed by atoms with van der Waals surface area (Å²) in [5.74, 6) is 0. The van der Waals surface area contributed by atoms with Crippen molar-refractivity contribution >= 4 is 11.3 Å². The van der Waals surface area contributed by atoms with Gasteiger partial charge < -0.3 is 5.11 Å². The van der Waals surface area contributed by atoms with Crippen molar-refractivity contribution < 1.29 is 18.3 Å². The van der Waals surface area contributed by atoms with E-state index in [2.05, 4.69) is 20.8 Å². The van der Waals surface area contributed by atoms with E-state index in [9.17, 15) is 18.3 Å². The molecule has 1 nitrogen and oxygen atoms in total. The predicted molar refractivity (Wildman–Crippen MR) is 78.5 cm³/mol. The van der Waals surface area contributed by atoms with Crippen LogP contribution in [0.5, 0.6) is 0 Å². The standard InChI is InChI=1S/C16H17F3OS/c1-15(2,3)13-9-8-12(21-13)14(20)10-4-6-11(7-5-10)16(17,18)19/h4-9,14,20H,1-3H3. The number of halogens is 3. The van der Waals surface area contributed by atoms with Crippen molar-refractivity contribution in [2.75, 3.05) is 0 Å². The number of aliphatic hydroxyl groups is 1. The van der Waals surface area contributed by atoms with Gasteiger partial charge in [-0.2, -0.15) is 13.2 Å². The number of rotatable bonds is 2. The van der Waals surface area contributed by atoms with E-state index in [4.69, 9.17) is 0 Å². The maximum Gasteiger partial charge on any atom is 0.416 e. The van der Waals surface area contributed by atoms with Crippen LogP contribution in [0.4, 0.5) is 13.2 Å². The lowest BCUT2D eigenvalue weighted by molar-refractivity contribution is -0.137. The minimum atomic E-state index is -4.36. The molecule has 0 radical (unpaired) electrons. The van der Waals surface area contributed by atoms with Gasteiger partial charge in [-0.1, -0.05) is 32.9 Å². The van der Waals surface area contributed by atoms with Crippen LogP contribution in [-0.4, -0.2) is 5.11 Å². The molecule has 21 heavy (non-hydrogen) atoms. The summed E-state index contributed by atoms with van der Waals surface area (Å²) in [4.78, 5) is 1.86. The van der Waals surface area contributed by atoms with Gasteiger partial charge in [-0.05, 0) is 35.2 Å². The van der Waals surface area contributed by atoms with E-state index in [1.165, 1.54) is 23.5 Å². The minimum Gasteiger partial charge on any atom is -0.383 e. The Morgan fingerprint density at radius 1 is 0.952 bits per heavy atom. The van der Waals surface area contributed by atoms with Crippen LogP contribution in [0.25, 0.3) is 0 Å². The largest absolute Gasteiger partial charge is 0.416 e. The van der Waals surface area contributed by atoms with Gasteiger partial charge in [0.1, 0.15) is 6.10 Å². The number of alkyl halides is 3. The predicted octanol–water partition coefficient (Wildman–Crippen LogP) is 5.15. The summed E-state index contributed by atoms with van der Waals surface area (Å²) in [5.41, 5.74) is -0.256. The number of benzene rings is 1. The summed E-state index contributed by atoms with van der Waals surface area (Å²) >= 11 is 1.48. The molecule has 0 spiro atoms.